The molecule has 0 aromatic carbocycles. The molecule has 0 aromatic rings. The second-order valence-corrected chi connectivity index (χ2v) is 3.06. The molecule has 0 saturated carbocycles. The summed E-state index contributed by atoms with van der Waals surface area (Å²) in [5, 5.41) is 0. The highest BCUT2D eigenvalue weighted by Gasteiger charge is 2.04. The Morgan fingerprint density at radius 2 is 2.00 bits per heavy atom. The molecule has 0 atom stereocenters. The monoisotopic (exact) mass is 175 g/mol. The van der Waals surface area contributed by atoms with Gasteiger partial charge in [-0.15, -0.1) is 0 Å². The van der Waals surface area contributed by atoms with Crippen molar-refractivity contribution >= 4 is 18.7 Å². The van der Waals surface area contributed by atoms with Crippen LogP contribution >= 0.6 is 12.8 Å². The molecule has 0 saturated heterocycles. The van der Waals surface area contributed by atoms with Crippen LogP contribution in [0.4, 0.5) is 0 Å². The summed E-state index contributed by atoms with van der Waals surface area (Å²) in [6, 6.07) is 0. The van der Waals surface area contributed by atoms with Crippen molar-refractivity contribution in [2.45, 2.75) is 39.5 Å². The second kappa shape index (κ2) is 6.53. The molecule has 0 radical (unpaired) electrons. The molecular formula is C8H17NOS. The SMILES string of the molecule is CCCCCN(S)C(=O)CC. The number of hydrogen-bond acceptors (Lipinski definition) is 2. The minimum absolute atomic E-state index is 0.115. The molecule has 0 rings (SSSR count). The highest BCUT2D eigenvalue weighted by Crippen LogP contribution is 2.02. The molecule has 0 aliphatic heterocycles. The van der Waals surface area contributed by atoms with Crippen molar-refractivity contribution in [1.82, 2.24) is 4.31 Å². The maximum atomic E-state index is 11.0. The van der Waals surface area contributed by atoms with Gasteiger partial charge in [-0.3, -0.25) is 9.10 Å². The van der Waals surface area contributed by atoms with Crippen LogP contribution in [-0.2, 0) is 4.79 Å². The van der Waals surface area contributed by atoms with Crippen LogP contribution in [0.15, 0.2) is 0 Å². The van der Waals surface area contributed by atoms with Gasteiger partial charge < -0.3 is 0 Å². The van der Waals surface area contributed by atoms with E-state index in [-0.39, 0.29) is 5.91 Å². The largest absolute Gasteiger partial charge is 0.289 e. The predicted molar refractivity (Wildman–Crippen MR) is 50.5 cm³/mol. The average Bonchev–Trinajstić information content (AvgIpc) is 2.03. The van der Waals surface area contributed by atoms with E-state index in [0.29, 0.717) is 6.42 Å². The van der Waals surface area contributed by atoms with Crippen LogP contribution in [0.3, 0.4) is 0 Å². The van der Waals surface area contributed by atoms with Gasteiger partial charge in [-0.25, -0.2) is 0 Å². The number of thiol groups is 1. The Balaban J connectivity index is 3.36. The molecule has 0 aliphatic carbocycles. The second-order valence-electron chi connectivity index (χ2n) is 2.58. The zero-order chi connectivity index (χ0) is 8.69. The number of hydrogen-bond donors (Lipinski definition) is 1. The summed E-state index contributed by atoms with van der Waals surface area (Å²) in [4.78, 5) is 11.0. The van der Waals surface area contributed by atoms with Crippen molar-refractivity contribution in [3.8, 4) is 0 Å². The van der Waals surface area contributed by atoms with E-state index < -0.39 is 0 Å². The van der Waals surface area contributed by atoms with E-state index >= 15 is 0 Å². The van der Waals surface area contributed by atoms with Crippen LogP contribution in [0.1, 0.15) is 39.5 Å². The van der Waals surface area contributed by atoms with Crippen LogP contribution in [-0.4, -0.2) is 16.8 Å². The van der Waals surface area contributed by atoms with E-state index in [4.69, 9.17) is 0 Å². The predicted octanol–water partition coefficient (Wildman–Crippen LogP) is 2.26. The van der Waals surface area contributed by atoms with E-state index in [1.807, 2.05) is 6.92 Å². The van der Waals surface area contributed by atoms with Crippen molar-refractivity contribution in [2.24, 2.45) is 0 Å². The van der Waals surface area contributed by atoms with Gasteiger partial charge in [0.15, 0.2) is 0 Å². The molecule has 0 N–H and O–H groups in total. The highest BCUT2D eigenvalue weighted by atomic mass is 32.1. The lowest BCUT2D eigenvalue weighted by molar-refractivity contribution is -0.125. The summed E-state index contributed by atoms with van der Waals surface area (Å²) in [5.41, 5.74) is 0. The molecule has 2 nitrogen and oxygen atoms in total. The molecule has 0 fully saturated rings. The number of carbonyl (C=O) groups excluding carboxylic acids is 1. The normalized spacial score (nSPS) is 9.73. The van der Waals surface area contributed by atoms with Gasteiger partial charge in [0.2, 0.25) is 5.91 Å². The van der Waals surface area contributed by atoms with Crippen LogP contribution < -0.4 is 0 Å². The fourth-order valence-corrected chi connectivity index (χ4v) is 1.10. The molecule has 0 spiro atoms. The minimum atomic E-state index is 0.115. The van der Waals surface area contributed by atoms with E-state index in [2.05, 4.69) is 19.7 Å². The fraction of sp³-hybridized carbons (Fsp3) is 0.875. The van der Waals surface area contributed by atoms with Gasteiger partial charge in [0, 0.05) is 13.0 Å². The third kappa shape index (κ3) is 5.13. The Morgan fingerprint density at radius 3 is 2.45 bits per heavy atom. The first-order valence-corrected chi connectivity index (χ1v) is 4.61. The number of rotatable bonds is 5. The zero-order valence-electron chi connectivity index (χ0n) is 7.34. The maximum absolute atomic E-state index is 11.0. The van der Waals surface area contributed by atoms with Gasteiger partial charge in [0.05, 0.1) is 0 Å². The smallest absolute Gasteiger partial charge is 0.231 e. The standard InChI is InChI=1S/C8H17NOS/c1-3-5-6-7-9(11)8(10)4-2/h11H,3-7H2,1-2H3. The van der Waals surface area contributed by atoms with E-state index in [0.717, 1.165) is 13.0 Å². The number of nitrogens with zero attached hydrogens (tertiary/aromatic N) is 1. The van der Waals surface area contributed by atoms with Crippen molar-refractivity contribution < 1.29 is 4.79 Å². The van der Waals surface area contributed by atoms with Crippen LogP contribution in [0.2, 0.25) is 0 Å². The van der Waals surface area contributed by atoms with Crippen LogP contribution in [0, 0.1) is 0 Å². The first kappa shape index (κ1) is 10.8. The minimum Gasteiger partial charge on any atom is -0.289 e. The molecule has 11 heavy (non-hydrogen) atoms. The fourth-order valence-electron chi connectivity index (χ4n) is 0.819. The van der Waals surface area contributed by atoms with Crippen molar-refractivity contribution in [3.05, 3.63) is 0 Å². The third-order valence-electron chi connectivity index (χ3n) is 1.56. The molecular weight excluding hydrogens is 158 g/mol. The number of unbranched alkanes of at least 4 members (excludes halogenated alkanes) is 2. The lowest BCUT2D eigenvalue weighted by atomic mass is 10.2. The van der Waals surface area contributed by atoms with Crippen molar-refractivity contribution in [3.63, 3.8) is 0 Å². The summed E-state index contributed by atoms with van der Waals surface area (Å²) < 4.78 is 1.51. The highest BCUT2D eigenvalue weighted by molar-refractivity contribution is 7.78. The Hall–Kier alpha value is -0.180. The molecule has 0 heterocycles. The topological polar surface area (TPSA) is 20.3 Å². The third-order valence-corrected chi connectivity index (χ3v) is 1.99. The van der Waals surface area contributed by atoms with Gasteiger partial charge in [-0.05, 0) is 6.42 Å². The van der Waals surface area contributed by atoms with E-state index in [1.54, 1.807) is 0 Å². The summed E-state index contributed by atoms with van der Waals surface area (Å²) in [6.07, 6.45) is 3.97. The van der Waals surface area contributed by atoms with Crippen LogP contribution in [0.25, 0.3) is 0 Å². The Bertz CT molecular complexity index is 117. The maximum Gasteiger partial charge on any atom is 0.231 e. The molecule has 0 unspecified atom stereocenters. The lowest BCUT2D eigenvalue weighted by Gasteiger charge is -2.13. The lowest BCUT2D eigenvalue weighted by Crippen LogP contribution is -2.21. The molecule has 1 amide bonds. The van der Waals surface area contributed by atoms with E-state index in [1.165, 1.54) is 17.1 Å². The van der Waals surface area contributed by atoms with Gasteiger partial charge in [0.25, 0.3) is 0 Å². The summed E-state index contributed by atoms with van der Waals surface area (Å²) in [6.45, 7) is 4.78. The molecule has 0 aromatic heterocycles. The quantitative estimate of drug-likeness (QED) is 0.502. The van der Waals surface area contributed by atoms with Gasteiger partial charge >= 0.3 is 0 Å². The number of amides is 1. The Kier molecular flexibility index (Phi) is 6.42. The number of carbonyl (C=O) groups is 1. The Morgan fingerprint density at radius 1 is 1.36 bits per heavy atom. The summed E-state index contributed by atoms with van der Waals surface area (Å²) in [5.74, 6) is 0.115. The Labute approximate surface area is 74.5 Å². The van der Waals surface area contributed by atoms with Gasteiger partial charge in [-0.1, -0.05) is 39.5 Å². The molecule has 0 aliphatic rings. The van der Waals surface area contributed by atoms with Crippen molar-refractivity contribution in [2.75, 3.05) is 6.54 Å². The van der Waals surface area contributed by atoms with Crippen LogP contribution in [0.5, 0.6) is 0 Å². The summed E-state index contributed by atoms with van der Waals surface area (Å²) >= 11 is 4.06. The summed E-state index contributed by atoms with van der Waals surface area (Å²) in [7, 11) is 0. The average molecular weight is 175 g/mol. The van der Waals surface area contributed by atoms with Crippen molar-refractivity contribution in [1.29, 1.82) is 0 Å². The molecule has 66 valence electrons. The van der Waals surface area contributed by atoms with E-state index in [9.17, 15) is 4.79 Å². The van der Waals surface area contributed by atoms with Gasteiger partial charge in [0.1, 0.15) is 0 Å². The first-order valence-electron chi connectivity index (χ1n) is 4.21. The molecule has 3 heteroatoms. The zero-order valence-corrected chi connectivity index (χ0v) is 8.23. The first-order chi connectivity index (χ1) is 5.22. The van der Waals surface area contributed by atoms with Gasteiger partial charge in [-0.2, -0.15) is 0 Å². The molecule has 0 bridgehead atoms.